The van der Waals surface area contributed by atoms with Crippen LogP contribution in [0.3, 0.4) is 0 Å². The zero-order valence-electron chi connectivity index (χ0n) is 15.8. The first-order valence-corrected chi connectivity index (χ1v) is 9.81. The number of aliphatic hydroxyl groups excluding tert-OH is 1. The highest BCUT2D eigenvalue weighted by molar-refractivity contribution is 6.05. The van der Waals surface area contributed by atoms with Crippen LogP contribution in [0.4, 0.5) is 0 Å². The average molecular weight is 386 g/mol. The molecule has 0 aliphatic carbocycles. The summed E-state index contributed by atoms with van der Waals surface area (Å²) in [6, 6.07) is 5.20. The molecule has 4 N–H and O–H groups in total. The molecule has 1 aromatic rings. The molecular formula is C20H26N4O4. The van der Waals surface area contributed by atoms with E-state index in [9.17, 15) is 19.5 Å². The summed E-state index contributed by atoms with van der Waals surface area (Å²) in [6.07, 6.45) is 1.51. The van der Waals surface area contributed by atoms with Crippen molar-refractivity contribution >= 4 is 17.7 Å². The first-order chi connectivity index (χ1) is 13.5. The van der Waals surface area contributed by atoms with Crippen molar-refractivity contribution < 1.29 is 19.5 Å². The van der Waals surface area contributed by atoms with Gasteiger partial charge < -0.3 is 15.7 Å². The average Bonchev–Trinajstić information content (AvgIpc) is 2.98. The van der Waals surface area contributed by atoms with Crippen molar-refractivity contribution in [1.82, 2.24) is 15.1 Å². The highest BCUT2D eigenvalue weighted by Gasteiger charge is 2.39. The maximum atomic E-state index is 12.7. The lowest BCUT2D eigenvalue weighted by atomic mass is 9.92. The minimum absolute atomic E-state index is 0.0298. The summed E-state index contributed by atoms with van der Waals surface area (Å²) in [5.74, 6) is -0.660. The second-order valence-electron chi connectivity index (χ2n) is 8.02. The molecule has 1 unspecified atom stereocenters. The zero-order valence-corrected chi connectivity index (χ0v) is 15.8. The standard InChI is InChI=1S/C20H26N4O4/c21-16-10-23(6-5-13(16)11-25)8-12-1-2-15-14(7-12)9-24(20(15)28)17-3-4-18(26)22-19(17)27/h1-2,7,13,16-17,25H,3-6,8-11,21H2,(H,22,26,27)/t13-,16+,17?/m0/s1. The Kier molecular flexibility index (Phi) is 5.18. The van der Waals surface area contributed by atoms with Crippen LogP contribution in [0.5, 0.6) is 0 Å². The van der Waals surface area contributed by atoms with Gasteiger partial charge >= 0.3 is 0 Å². The van der Waals surface area contributed by atoms with Crippen molar-refractivity contribution in [2.24, 2.45) is 11.7 Å². The fraction of sp³-hybridized carbons (Fsp3) is 0.550. The van der Waals surface area contributed by atoms with Crippen molar-refractivity contribution in [2.45, 2.75) is 44.4 Å². The Morgan fingerprint density at radius 1 is 1.21 bits per heavy atom. The van der Waals surface area contributed by atoms with Crippen molar-refractivity contribution in [3.05, 3.63) is 34.9 Å². The van der Waals surface area contributed by atoms with Crippen molar-refractivity contribution in [3.8, 4) is 0 Å². The third-order valence-electron chi connectivity index (χ3n) is 6.12. The predicted octanol–water partition coefficient (Wildman–Crippen LogP) is -0.411. The maximum Gasteiger partial charge on any atom is 0.255 e. The van der Waals surface area contributed by atoms with E-state index >= 15 is 0 Å². The lowest BCUT2D eigenvalue weighted by Gasteiger charge is -2.35. The van der Waals surface area contributed by atoms with E-state index in [2.05, 4.69) is 10.2 Å². The largest absolute Gasteiger partial charge is 0.396 e. The highest BCUT2D eigenvalue weighted by atomic mass is 16.3. The number of nitrogens with zero attached hydrogens (tertiary/aromatic N) is 2. The molecule has 1 aromatic carbocycles. The smallest absolute Gasteiger partial charge is 0.255 e. The molecule has 3 atom stereocenters. The first-order valence-electron chi connectivity index (χ1n) is 9.81. The van der Waals surface area contributed by atoms with Crippen molar-refractivity contribution in [3.63, 3.8) is 0 Å². The molecule has 2 saturated heterocycles. The molecule has 2 fully saturated rings. The summed E-state index contributed by atoms with van der Waals surface area (Å²) >= 11 is 0. The van der Waals surface area contributed by atoms with Crippen molar-refractivity contribution in [1.29, 1.82) is 0 Å². The second-order valence-corrected chi connectivity index (χ2v) is 8.02. The van der Waals surface area contributed by atoms with Gasteiger partial charge in [0.2, 0.25) is 11.8 Å². The van der Waals surface area contributed by atoms with E-state index in [1.165, 1.54) is 0 Å². The summed E-state index contributed by atoms with van der Waals surface area (Å²) < 4.78 is 0. The number of benzene rings is 1. The normalized spacial score (nSPS) is 28.4. The van der Waals surface area contributed by atoms with Crippen LogP contribution in [0.15, 0.2) is 18.2 Å². The Morgan fingerprint density at radius 3 is 2.75 bits per heavy atom. The summed E-state index contributed by atoms with van der Waals surface area (Å²) in [4.78, 5) is 40.1. The van der Waals surface area contributed by atoms with Gasteiger partial charge in [-0.2, -0.15) is 0 Å². The number of nitrogens with two attached hydrogens (primary N) is 1. The van der Waals surface area contributed by atoms with Gasteiger partial charge in [0.25, 0.3) is 5.91 Å². The minimum atomic E-state index is -0.587. The van der Waals surface area contributed by atoms with Gasteiger partial charge in [0.1, 0.15) is 6.04 Å². The number of fused-ring (bicyclic) bond motifs is 1. The molecule has 0 bridgehead atoms. The SMILES string of the molecule is N[C@@H]1CN(Cc2ccc3c(c2)CN(C2CCC(=O)NC2=O)C3=O)CC[C@H]1CO. The van der Waals surface area contributed by atoms with Crippen LogP contribution in [0.2, 0.25) is 0 Å². The number of piperidine rings is 2. The number of hydrogen-bond acceptors (Lipinski definition) is 6. The van der Waals surface area contributed by atoms with Crippen LogP contribution >= 0.6 is 0 Å². The van der Waals surface area contributed by atoms with Gasteiger partial charge in [-0.1, -0.05) is 12.1 Å². The Morgan fingerprint density at radius 2 is 2.04 bits per heavy atom. The summed E-state index contributed by atoms with van der Waals surface area (Å²) in [5, 5.41) is 11.7. The molecule has 8 nitrogen and oxygen atoms in total. The van der Waals surface area contributed by atoms with Gasteiger partial charge in [-0.15, -0.1) is 0 Å². The second kappa shape index (κ2) is 7.62. The molecule has 0 aromatic heterocycles. The van der Waals surface area contributed by atoms with Crippen LogP contribution < -0.4 is 11.1 Å². The van der Waals surface area contributed by atoms with Crippen LogP contribution in [0.25, 0.3) is 0 Å². The Bertz CT molecular complexity index is 811. The molecule has 3 heterocycles. The molecule has 3 aliphatic rings. The topological polar surface area (TPSA) is 116 Å². The van der Waals surface area contributed by atoms with Gasteiger partial charge in [0, 0.05) is 44.3 Å². The quantitative estimate of drug-likeness (QED) is 0.606. The molecule has 28 heavy (non-hydrogen) atoms. The van der Waals surface area contributed by atoms with Gasteiger partial charge in [0.15, 0.2) is 0 Å². The van der Waals surface area contributed by atoms with E-state index < -0.39 is 11.9 Å². The van der Waals surface area contributed by atoms with E-state index in [-0.39, 0.29) is 36.8 Å². The molecule has 150 valence electrons. The minimum Gasteiger partial charge on any atom is -0.396 e. The molecule has 3 amide bonds. The van der Waals surface area contributed by atoms with Gasteiger partial charge in [-0.3, -0.25) is 24.6 Å². The predicted molar refractivity (Wildman–Crippen MR) is 101 cm³/mol. The fourth-order valence-electron chi connectivity index (χ4n) is 4.46. The number of likely N-dealkylation sites (tertiary alicyclic amines) is 1. The third-order valence-corrected chi connectivity index (χ3v) is 6.12. The molecule has 0 saturated carbocycles. The number of hydrogen-bond donors (Lipinski definition) is 3. The third kappa shape index (κ3) is 3.55. The summed E-state index contributed by atoms with van der Waals surface area (Å²) in [6.45, 7) is 2.89. The Labute approximate surface area is 163 Å². The van der Waals surface area contributed by atoms with Crippen LogP contribution in [-0.4, -0.2) is 64.4 Å². The van der Waals surface area contributed by atoms with Crippen LogP contribution in [0.1, 0.15) is 40.7 Å². The number of carbonyl (C=O) groups is 3. The van der Waals surface area contributed by atoms with Crippen LogP contribution in [0, 0.1) is 5.92 Å². The lowest BCUT2D eigenvalue weighted by Crippen LogP contribution is -2.52. The van der Waals surface area contributed by atoms with Crippen LogP contribution in [-0.2, 0) is 22.7 Å². The maximum absolute atomic E-state index is 12.7. The number of amides is 3. The number of aliphatic hydroxyl groups is 1. The number of imide groups is 1. The van der Waals surface area contributed by atoms with Gasteiger partial charge in [-0.05, 0) is 42.5 Å². The summed E-state index contributed by atoms with van der Waals surface area (Å²) in [7, 11) is 0. The molecule has 4 rings (SSSR count). The fourth-order valence-corrected chi connectivity index (χ4v) is 4.46. The van der Waals surface area contributed by atoms with E-state index in [1.807, 2.05) is 18.2 Å². The number of carbonyl (C=O) groups excluding carboxylic acids is 3. The molecular weight excluding hydrogens is 360 g/mol. The monoisotopic (exact) mass is 386 g/mol. The molecule has 0 radical (unpaired) electrons. The van der Waals surface area contributed by atoms with E-state index in [0.717, 1.165) is 37.2 Å². The van der Waals surface area contributed by atoms with E-state index in [4.69, 9.17) is 5.73 Å². The molecule has 3 aliphatic heterocycles. The molecule has 0 spiro atoms. The van der Waals surface area contributed by atoms with Crippen molar-refractivity contribution in [2.75, 3.05) is 19.7 Å². The molecule has 8 heteroatoms. The number of nitrogens with one attached hydrogen (secondary N) is 1. The zero-order chi connectivity index (χ0) is 19.8. The highest BCUT2D eigenvalue weighted by Crippen LogP contribution is 2.29. The van der Waals surface area contributed by atoms with Gasteiger partial charge in [0.05, 0.1) is 0 Å². The van der Waals surface area contributed by atoms with Gasteiger partial charge in [-0.25, -0.2) is 0 Å². The Balaban J connectivity index is 1.44. The lowest BCUT2D eigenvalue weighted by molar-refractivity contribution is -0.136. The van der Waals surface area contributed by atoms with E-state index in [1.54, 1.807) is 4.90 Å². The van der Waals surface area contributed by atoms with E-state index in [0.29, 0.717) is 18.5 Å². The number of rotatable bonds is 4. The summed E-state index contributed by atoms with van der Waals surface area (Å²) in [5.41, 5.74) is 8.80. The first kappa shape index (κ1) is 19.0. The Hall–Kier alpha value is -2.29.